The van der Waals surface area contributed by atoms with Gasteiger partial charge in [-0.25, -0.2) is 0 Å². The number of hydrogen-bond donors (Lipinski definition) is 2. The minimum Gasteiger partial charge on any atom is -0.379 e. The van der Waals surface area contributed by atoms with Crippen LogP contribution in [0, 0.1) is 5.92 Å². The van der Waals surface area contributed by atoms with Crippen molar-refractivity contribution in [1.29, 1.82) is 0 Å². The molecule has 0 aromatic carbocycles. The first-order chi connectivity index (χ1) is 10.8. The van der Waals surface area contributed by atoms with E-state index < -0.39 is 0 Å². The van der Waals surface area contributed by atoms with Crippen LogP contribution < -0.4 is 10.6 Å². The van der Waals surface area contributed by atoms with Crippen molar-refractivity contribution in [2.45, 2.75) is 51.5 Å². The number of ether oxygens (including phenoxy) is 1. The van der Waals surface area contributed by atoms with E-state index in [0.717, 1.165) is 31.6 Å². The third-order valence-electron chi connectivity index (χ3n) is 4.57. The number of likely N-dealkylation sites (tertiary alicyclic amines) is 1. The summed E-state index contributed by atoms with van der Waals surface area (Å²) in [6.07, 6.45) is 7.74. The number of hydrogen-bond acceptors (Lipinski definition) is 3. The molecule has 0 bridgehead atoms. The van der Waals surface area contributed by atoms with Gasteiger partial charge in [-0.1, -0.05) is 13.3 Å². The summed E-state index contributed by atoms with van der Waals surface area (Å²) in [7, 11) is 1.84. The van der Waals surface area contributed by atoms with Crippen LogP contribution in [0.4, 0.5) is 0 Å². The maximum absolute atomic E-state index is 5.64. The van der Waals surface area contributed by atoms with Crippen LogP contribution in [0.3, 0.4) is 0 Å². The summed E-state index contributed by atoms with van der Waals surface area (Å²) in [5.74, 6) is 1.76. The second-order valence-corrected chi connectivity index (χ2v) is 6.63. The van der Waals surface area contributed by atoms with E-state index in [-0.39, 0.29) is 0 Å². The monoisotopic (exact) mass is 310 g/mol. The number of guanidine groups is 1. The molecule has 2 N–H and O–H groups in total. The molecular formula is C17H34N4O. The summed E-state index contributed by atoms with van der Waals surface area (Å²) in [5.41, 5.74) is 0. The molecule has 1 heterocycles. The second-order valence-electron chi connectivity index (χ2n) is 6.63. The van der Waals surface area contributed by atoms with Gasteiger partial charge in [0, 0.05) is 39.3 Å². The number of unbranched alkanes of at least 4 members (excludes halogenated alkanes) is 1. The van der Waals surface area contributed by atoms with Gasteiger partial charge in [0.05, 0.1) is 6.61 Å². The molecule has 0 aromatic heterocycles. The van der Waals surface area contributed by atoms with E-state index in [4.69, 9.17) is 4.74 Å². The van der Waals surface area contributed by atoms with Gasteiger partial charge in [-0.15, -0.1) is 0 Å². The van der Waals surface area contributed by atoms with Crippen molar-refractivity contribution in [3.8, 4) is 0 Å². The predicted octanol–water partition coefficient (Wildman–Crippen LogP) is 1.84. The zero-order chi connectivity index (χ0) is 15.6. The first kappa shape index (κ1) is 17.5. The van der Waals surface area contributed by atoms with Gasteiger partial charge in [0.1, 0.15) is 0 Å². The van der Waals surface area contributed by atoms with Gasteiger partial charge in [0.2, 0.25) is 0 Å². The van der Waals surface area contributed by atoms with Crippen molar-refractivity contribution in [2.24, 2.45) is 10.9 Å². The highest BCUT2D eigenvalue weighted by Crippen LogP contribution is 2.28. The summed E-state index contributed by atoms with van der Waals surface area (Å²) in [5, 5.41) is 6.91. The highest BCUT2D eigenvalue weighted by molar-refractivity contribution is 5.79. The fourth-order valence-corrected chi connectivity index (χ4v) is 2.85. The number of piperidine rings is 1. The molecule has 2 fully saturated rings. The quantitative estimate of drug-likeness (QED) is 0.388. The van der Waals surface area contributed by atoms with Crippen molar-refractivity contribution in [2.75, 3.05) is 46.4 Å². The van der Waals surface area contributed by atoms with Gasteiger partial charge in [-0.05, 0) is 44.6 Å². The van der Waals surface area contributed by atoms with Gasteiger partial charge in [0.25, 0.3) is 0 Å². The summed E-state index contributed by atoms with van der Waals surface area (Å²) in [6.45, 7) is 8.48. The van der Waals surface area contributed by atoms with Gasteiger partial charge in [-0.2, -0.15) is 0 Å². The van der Waals surface area contributed by atoms with E-state index >= 15 is 0 Å². The van der Waals surface area contributed by atoms with E-state index in [1.165, 1.54) is 58.2 Å². The topological polar surface area (TPSA) is 48.9 Å². The molecule has 2 rings (SSSR count). The molecule has 1 aliphatic heterocycles. The van der Waals surface area contributed by atoms with Gasteiger partial charge >= 0.3 is 0 Å². The molecule has 0 unspecified atom stereocenters. The Bertz CT molecular complexity index is 323. The Morgan fingerprint density at radius 2 is 2.00 bits per heavy atom. The van der Waals surface area contributed by atoms with Gasteiger partial charge in [-0.3, -0.25) is 4.99 Å². The lowest BCUT2D eigenvalue weighted by atomic mass is 10.0. The fraction of sp³-hybridized carbons (Fsp3) is 0.941. The zero-order valence-corrected chi connectivity index (χ0v) is 14.4. The summed E-state index contributed by atoms with van der Waals surface area (Å²) < 4.78 is 5.64. The maximum atomic E-state index is 5.64. The number of rotatable bonds is 9. The molecule has 0 amide bonds. The van der Waals surface area contributed by atoms with Crippen molar-refractivity contribution < 1.29 is 4.74 Å². The van der Waals surface area contributed by atoms with Crippen molar-refractivity contribution in [3.05, 3.63) is 0 Å². The first-order valence-corrected chi connectivity index (χ1v) is 9.09. The molecule has 2 aliphatic rings. The number of aliphatic imine (C=N–C) groups is 1. The molecule has 1 aliphatic carbocycles. The molecule has 1 saturated carbocycles. The molecule has 0 spiro atoms. The standard InChI is InChI=1S/C17H34N4O/c1-3-4-10-21-11-7-16(8-12-21)20-17(18-2)19-9-13-22-14-15-5-6-15/h15-16H,3-14H2,1-2H3,(H2,18,19,20). The Morgan fingerprint density at radius 3 is 2.64 bits per heavy atom. The van der Waals surface area contributed by atoms with Gasteiger partial charge < -0.3 is 20.3 Å². The lowest BCUT2D eigenvalue weighted by molar-refractivity contribution is 0.129. The van der Waals surface area contributed by atoms with Crippen molar-refractivity contribution in [3.63, 3.8) is 0 Å². The fourth-order valence-electron chi connectivity index (χ4n) is 2.85. The van der Waals surface area contributed by atoms with E-state index in [2.05, 4.69) is 27.4 Å². The Hall–Kier alpha value is -0.810. The maximum Gasteiger partial charge on any atom is 0.191 e. The average molecular weight is 310 g/mol. The smallest absolute Gasteiger partial charge is 0.191 e. The Morgan fingerprint density at radius 1 is 1.23 bits per heavy atom. The predicted molar refractivity (Wildman–Crippen MR) is 92.4 cm³/mol. The average Bonchev–Trinajstić information content (AvgIpc) is 3.37. The third kappa shape index (κ3) is 6.97. The van der Waals surface area contributed by atoms with E-state index in [0.29, 0.717) is 6.04 Å². The second kappa shape index (κ2) is 10.1. The highest BCUT2D eigenvalue weighted by Gasteiger charge is 2.21. The summed E-state index contributed by atoms with van der Waals surface area (Å²) in [4.78, 5) is 6.91. The molecule has 5 nitrogen and oxygen atoms in total. The molecule has 5 heteroatoms. The largest absolute Gasteiger partial charge is 0.379 e. The number of nitrogens with one attached hydrogen (secondary N) is 2. The van der Waals surface area contributed by atoms with Crippen LogP contribution in [0.25, 0.3) is 0 Å². The van der Waals surface area contributed by atoms with Crippen LogP contribution in [0.15, 0.2) is 4.99 Å². The van der Waals surface area contributed by atoms with Gasteiger partial charge in [0.15, 0.2) is 5.96 Å². The Labute approximate surface area is 135 Å². The van der Waals surface area contributed by atoms with Crippen molar-refractivity contribution >= 4 is 5.96 Å². The third-order valence-corrected chi connectivity index (χ3v) is 4.57. The van der Waals surface area contributed by atoms with Crippen molar-refractivity contribution in [1.82, 2.24) is 15.5 Å². The van der Waals surface area contributed by atoms with Crippen LogP contribution in [0.1, 0.15) is 45.4 Å². The van der Waals surface area contributed by atoms with Crippen LogP contribution in [-0.2, 0) is 4.74 Å². The van der Waals surface area contributed by atoms with Crippen LogP contribution in [0.2, 0.25) is 0 Å². The molecule has 1 saturated heterocycles. The lowest BCUT2D eigenvalue weighted by Crippen LogP contribution is -2.49. The van der Waals surface area contributed by atoms with Crippen LogP contribution in [-0.4, -0.2) is 63.3 Å². The van der Waals surface area contributed by atoms with E-state index in [1.54, 1.807) is 0 Å². The normalized spacial score (nSPS) is 21.1. The summed E-state index contributed by atoms with van der Waals surface area (Å²) in [6, 6.07) is 0.552. The Kier molecular flexibility index (Phi) is 8.02. The van der Waals surface area contributed by atoms with E-state index in [9.17, 15) is 0 Å². The summed E-state index contributed by atoms with van der Waals surface area (Å²) >= 11 is 0. The molecule has 22 heavy (non-hydrogen) atoms. The lowest BCUT2D eigenvalue weighted by Gasteiger charge is -2.33. The minimum atomic E-state index is 0.552. The molecule has 0 aromatic rings. The molecule has 0 atom stereocenters. The molecule has 128 valence electrons. The first-order valence-electron chi connectivity index (χ1n) is 9.09. The van der Waals surface area contributed by atoms with Crippen LogP contribution >= 0.6 is 0 Å². The Balaban J connectivity index is 1.53. The minimum absolute atomic E-state index is 0.552. The highest BCUT2D eigenvalue weighted by atomic mass is 16.5. The SMILES string of the molecule is CCCCN1CCC(NC(=NC)NCCOCC2CC2)CC1. The molecule has 0 radical (unpaired) electrons. The van der Waals surface area contributed by atoms with E-state index in [1.807, 2.05) is 7.05 Å². The van der Waals surface area contributed by atoms with Crippen LogP contribution in [0.5, 0.6) is 0 Å². The number of nitrogens with zero attached hydrogens (tertiary/aromatic N) is 2. The zero-order valence-electron chi connectivity index (χ0n) is 14.4. The molecular weight excluding hydrogens is 276 g/mol.